The van der Waals surface area contributed by atoms with E-state index in [4.69, 9.17) is 9.73 Å². The van der Waals surface area contributed by atoms with Crippen LogP contribution in [0.15, 0.2) is 114 Å². The minimum Gasteiger partial charge on any atom is -0.478 e. The van der Waals surface area contributed by atoms with Gasteiger partial charge in [-0.1, -0.05) is 66.7 Å². The molecule has 5 heteroatoms. The van der Waals surface area contributed by atoms with Crippen LogP contribution >= 0.6 is 0 Å². The molecule has 0 radical (unpaired) electrons. The van der Waals surface area contributed by atoms with Crippen LogP contribution in [0.5, 0.6) is 0 Å². The first-order chi connectivity index (χ1) is 17.0. The van der Waals surface area contributed by atoms with E-state index in [0.29, 0.717) is 11.5 Å². The van der Waals surface area contributed by atoms with E-state index in [0.717, 1.165) is 22.6 Å². The Labute approximate surface area is 205 Å². The largest absolute Gasteiger partial charge is 0.478 e. The maximum Gasteiger partial charge on any atom is 0.336 e. The second-order valence-corrected chi connectivity index (χ2v) is 8.56. The van der Waals surface area contributed by atoms with Crippen molar-refractivity contribution in [2.24, 2.45) is 4.99 Å². The molecule has 5 rings (SSSR count). The Morgan fingerprint density at radius 1 is 0.829 bits per heavy atom. The van der Waals surface area contributed by atoms with Crippen LogP contribution in [0.25, 0.3) is 0 Å². The lowest BCUT2D eigenvalue weighted by Gasteiger charge is -2.33. The van der Waals surface area contributed by atoms with E-state index in [9.17, 15) is 9.90 Å². The number of rotatable bonds is 6. The van der Waals surface area contributed by atoms with Crippen LogP contribution < -0.4 is 4.90 Å². The lowest BCUT2D eigenvalue weighted by molar-refractivity contribution is 0.0692. The summed E-state index contributed by atoms with van der Waals surface area (Å²) >= 11 is 0. The van der Waals surface area contributed by atoms with E-state index >= 15 is 0 Å². The molecule has 5 nitrogen and oxygen atoms in total. The van der Waals surface area contributed by atoms with E-state index in [1.54, 1.807) is 12.1 Å². The second-order valence-electron chi connectivity index (χ2n) is 8.56. The van der Waals surface area contributed by atoms with Gasteiger partial charge in [-0.2, -0.15) is 0 Å². The predicted octanol–water partition coefficient (Wildman–Crippen LogP) is 6.94. The Hall–Kier alpha value is -4.38. The van der Waals surface area contributed by atoms with Gasteiger partial charge in [-0.3, -0.25) is 0 Å². The first-order valence-corrected chi connectivity index (χ1v) is 11.6. The third-order valence-electron chi connectivity index (χ3n) is 6.41. The molecule has 1 heterocycles. The monoisotopic (exact) mass is 462 g/mol. The molecule has 0 fully saturated rings. The summed E-state index contributed by atoms with van der Waals surface area (Å²) in [5.74, 6) is -0.454. The number of hydrogen-bond acceptors (Lipinski definition) is 4. The lowest BCUT2D eigenvalue weighted by Crippen LogP contribution is -2.36. The first kappa shape index (κ1) is 22.4. The number of nitrogens with zero attached hydrogens (tertiary/aromatic N) is 2. The lowest BCUT2D eigenvalue weighted by atomic mass is 9.77. The van der Waals surface area contributed by atoms with Gasteiger partial charge < -0.3 is 14.7 Å². The van der Waals surface area contributed by atoms with E-state index in [1.807, 2.05) is 74.5 Å². The van der Waals surface area contributed by atoms with Crippen molar-refractivity contribution in [3.8, 4) is 0 Å². The summed E-state index contributed by atoms with van der Waals surface area (Å²) in [6, 6.07) is 35.5. The van der Waals surface area contributed by atoms with Crippen molar-refractivity contribution >= 4 is 28.9 Å². The van der Waals surface area contributed by atoms with Gasteiger partial charge in [-0.05, 0) is 55.0 Å². The number of para-hydroxylation sites is 2. The van der Waals surface area contributed by atoms with Gasteiger partial charge in [0.1, 0.15) is 6.10 Å². The summed E-state index contributed by atoms with van der Waals surface area (Å²) < 4.78 is 6.03. The average molecular weight is 463 g/mol. The van der Waals surface area contributed by atoms with Crippen molar-refractivity contribution in [3.05, 3.63) is 126 Å². The Kier molecular flexibility index (Phi) is 5.83. The van der Waals surface area contributed by atoms with Crippen molar-refractivity contribution in [2.45, 2.75) is 25.5 Å². The van der Waals surface area contributed by atoms with Crippen molar-refractivity contribution in [3.63, 3.8) is 0 Å². The van der Waals surface area contributed by atoms with Crippen LogP contribution in [0.2, 0.25) is 0 Å². The number of ether oxygens (including phenoxy) is 1. The highest BCUT2D eigenvalue weighted by atomic mass is 16.5. The zero-order chi connectivity index (χ0) is 24.4. The molecule has 0 amide bonds. The van der Waals surface area contributed by atoms with Crippen molar-refractivity contribution in [1.82, 2.24) is 0 Å². The van der Waals surface area contributed by atoms with Crippen molar-refractivity contribution < 1.29 is 14.6 Å². The van der Waals surface area contributed by atoms with Crippen LogP contribution in [0.4, 0.5) is 17.1 Å². The van der Waals surface area contributed by atoms with Gasteiger partial charge >= 0.3 is 5.97 Å². The Morgan fingerprint density at radius 3 is 1.97 bits per heavy atom. The summed E-state index contributed by atoms with van der Waals surface area (Å²) in [7, 11) is 0. The third kappa shape index (κ3) is 3.95. The topological polar surface area (TPSA) is 62.1 Å². The van der Waals surface area contributed by atoms with Gasteiger partial charge in [-0.25, -0.2) is 9.79 Å². The molecule has 0 aliphatic carbocycles. The highest BCUT2D eigenvalue weighted by molar-refractivity contribution is 5.91. The van der Waals surface area contributed by atoms with Gasteiger partial charge in [0.15, 0.2) is 11.4 Å². The molecule has 0 saturated heterocycles. The van der Waals surface area contributed by atoms with E-state index < -0.39 is 11.5 Å². The van der Waals surface area contributed by atoms with Crippen LogP contribution in [0.1, 0.15) is 35.3 Å². The molecule has 0 bridgehead atoms. The zero-order valence-electron chi connectivity index (χ0n) is 19.6. The van der Waals surface area contributed by atoms with Gasteiger partial charge in [0.2, 0.25) is 0 Å². The van der Waals surface area contributed by atoms with Crippen LogP contribution in [0, 0.1) is 0 Å². The molecule has 0 spiro atoms. The number of aliphatic imine (C=N–C) groups is 1. The smallest absolute Gasteiger partial charge is 0.336 e. The summed E-state index contributed by atoms with van der Waals surface area (Å²) in [6.45, 7) is 3.75. The van der Waals surface area contributed by atoms with Crippen LogP contribution in [0.3, 0.4) is 0 Å². The minimum absolute atomic E-state index is 0.217. The van der Waals surface area contributed by atoms with Crippen LogP contribution in [-0.4, -0.2) is 23.1 Å². The van der Waals surface area contributed by atoms with Crippen molar-refractivity contribution in [2.75, 3.05) is 4.90 Å². The molecule has 2 unspecified atom stereocenters. The number of benzene rings is 4. The standard InChI is InChI=1S/C30H26N2O3/c1-21-30(31-22(2)35-21,28-19-10-9-18-27(28)29(33)34)23-12-11-17-26(20-23)32(24-13-5-3-6-14-24)25-15-7-4-8-16-25/h3-21H,1-2H3,(H,33,34). The fraction of sp³-hybridized carbons (Fsp3) is 0.133. The molecule has 174 valence electrons. The molecular weight excluding hydrogens is 436 g/mol. The minimum atomic E-state index is -0.992. The van der Waals surface area contributed by atoms with Gasteiger partial charge in [-0.15, -0.1) is 0 Å². The number of carboxylic acids is 1. The molecule has 0 aromatic heterocycles. The summed E-state index contributed by atoms with van der Waals surface area (Å²) in [4.78, 5) is 19.3. The van der Waals surface area contributed by atoms with E-state index in [-0.39, 0.29) is 11.7 Å². The van der Waals surface area contributed by atoms with Gasteiger partial charge in [0, 0.05) is 29.5 Å². The van der Waals surface area contributed by atoms with Gasteiger partial charge in [0.25, 0.3) is 0 Å². The maximum absolute atomic E-state index is 12.2. The first-order valence-electron chi connectivity index (χ1n) is 11.6. The normalized spacial score (nSPS) is 19.0. The van der Waals surface area contributed by atoms with Gasteiger partial charge in [0.05, 0.1) is 5.56 Å². The molecule has 1 N–H and O–H groups in total. The highest BCUT2D eigenvalue weighted by Gasteiger charge is 2.47. The number of carbonyl (C=O) groups is 1. The number of aromatic carboxylic acids is 1. The molecule has 4 aromatic carbocycles. The predicted molar refractivity (Wildman–Crippen MR) is 139 cm³/mol. The quantitative estimate of drug-likeness (QED) is 0.337. The Morgan fingerprint density at radius 2 is 1.40 bits per heavy atom. The van der Waals surface area contributed by atoms with E-state index in [2.05, 4.69) is 41.3 Å². The second kappa shape index (κ2) is 9.11. The maximum atomic E-state index is 12.2. The molecule has 1 aliphatic heterocycles. The zero-order valence-corrected chi connectivity index (χ0v) is 19.6. The molecule has 2 atom stereocenters. The van der Waals surface area contributed by atoms with E-state index in [1.165, 1.54) is 0 Å². The number of anilines is 3. The molecule has 0 saturated carbocycles. The fourth-order valence-electron chi connectivity index (χ4n) is 4.93. The summed E-state index contributed by atoms with van der Waals surface area (Å²) in [5.41, 5.74) is 3.69. The number of hydrogen-bond donors (Lipinski definition) is 1. The highest BCUT2D eigenvalue weighted by Crippen LogP contribution is 2.46. The molecule has 1 aliphatic rings. The SMILES string of the molecule is CC1=NC(c2cccc(N(c3ccccc3)c3ccccc3)c2)(c2ccccc2C(=O)O)C(C)O1. The molecule has 4 aromatic rings. The van der Waals surface area contributed by atoms with Crippen LogP contribution in [-0.2, 0) is 10.3 Å². The Balaban J connectivity index is 1.73. The third-order valence-corrected chi connectivity index (χ3v) is 6.41. The summed E-state index contributed by atoms with van der Waals surface area (Å²) in [5, 5.41) is 9.98. The molecule has 35 heavy (non-hydrogen) atoms. The average Bonchev–Trinajstić information content (AvgIpc) is 3.20. The molecular formula is C30H26N2O3. The number of carboxylic acid groups (broad SMARTS) is 1. The summed E-state index contributed by atoms with van der Waals surface area (Å²) in [6.07, 6.45) is -0.389. The fourth-order valence-corrected chi connectivity index (χ4v) is 4.93. The van der Waals surface area contributed by atoms with Crippen molar-refractivity contribution in [1.29, 1.82) is 0 Å². The Bertz CT molecular complexity index is 1350.